The fourth-order valence-electron chi connectivity index (χ4n) is 1.47. The van der Waals surface area contributed by atoms with Gasteiger partial charge in [0.05, 0.1) is 18.2 Å². The molecule has 1 aliphatic heterocycles. The van der Waals surface area contributed by atoms with Crippen LogP contribution in [0.15, 0.2) is 0 Å². The molecule has 0 aromatic carbocycles. The first-order valence-electron chi connectivity index (χ1n) is 4.47. The number of hydrogen-bond acceptors (Lipinski definition) is 5. The molecule has 0 bridgehead atoms. The van der Waals surface area contributed by atoms with Crippen LogP contribution in [0.2, 0.25) is 0 Å². The van der Waals surface area contributed by atoms with Crippen molar-refractivity contribution in [2.45, 2.75) is 44.4 Å². The number of carbonyl (C=O) groups excluding carboxylic acids is 1. The lowest BCUT2D eigenvalue weighted by Crippen LogP contribution is -2.65. The molecule has 0 radical (unpaired) electrons. The minimum Gasteiger partial charge on any atom is -0.389 e. The molecule has 82 valence electrons. The van der Waals surface area contributed by atoms with Crippen LogP contribution in [0.3, 0.4) is 0 Å². The van der Waals surface area contributed by atoms with Crippen molar-refractivity contribution in [3.05, 3.63) is 0 Å². The van der Waals surface area contributed by atoms with E-state index in [0.717, 1.165) is 0 Å². The zero-order chi connectivity index (χ0) is 10.9. The first kappa shape index (κ1) is 11.4. The van der Waals surface area contributed by atoms with Gasteiger partial charge in [0.1, 0.15) is 6.04 Å². The number of aliphatic hydroxyl groups is 2. The molecule has 1 amide bonds. The number of carbonyl (C=O) groups is 1. The maximum atomic E-state index is 10.8. The second kappa shape index (κ2) is 4.22. The molecule has 0 spiro atoms. The Labute approximate surface area is 82.0 Å². The molecule has 0 saturated carbocycles. The smallest absolute Gasteiger partial charge is 0.217 e. The molecule has 14 heavy (non-hydrogen) atoms. The molecule has 0 aromatic heterocycles. The highest BCUT2D eigenvalue weighted by atomic mass is 16.6. The molecule has 1 fully saturated rings. The van der Waals surface area contributed by atoms with E-state index in [1.807, 2.05) is 0 Å². The van der Waals surface area contributed by atoms with E-state index in [0.29, 0.717) is 0 Å². The van der Waals surface area contributed by atoms with Crippen LogP contribution in [0, 0.1) is 0 Å². The number of aliphatic hydroxyl groups excluding tert-OH is 2. The van der Waals surface area contributed by atoms with E-state index in [9.17, 15) is 15.0 Å². The maximum Gasteiger partial charge on any atom is 0.217 e. The van der Waals surface area contributed by atoms with Crippen molar-refractivity contribution in [2.75, 3.05) is 0 Å². The van der Waals surface area contributed by atoms with Crippen LogP contribution in [0.25, 0.3) is 0 Å². The third kappa shape index (κ3) is 2.21. The molecule has 1 aliphatic rings. The Morgan fingerprint density at radius 1 is 1.50 bits per heavy atom. The Kier molecular flexibility index (Phi) is 3.43. The summed E-state index contributed by atoms with van der Waals surface area (Å²) in [6, 6.07) is -1.48. The molecule has 0 aromatic rings. The van der Waals surface area contributed by atoms with Crippen molar-refractivity contribution in [2.24, 2.45) is 5.73 Å². The summed E-state index contributed by atoms with van der Waals surface area (Å²) in [5.74, 6) is -0.349. The van der Waals surface area contributed by atoms with Gasteiger partial charge in [0.25, 0.3) is 0 Å². The summed E-state index contributed by atoms with van der Waals surface area (Å²) in [7, 11) is 0. The quantitative estimate of drug-likeness (QED) is 0.392. The molecular weight excluding hydrogens is 188 g/mol. The van der Waals surface area contributed by atoms with Crippen molar-refractivity contribution in [1.82, 2.24) is 5.32 Å². The van der Waals surface area contributed by atoms with Gasteiger partial charge in [0.15, 0.2) is 6.29 Å². The SMILES string of the molecule is CC(=O)NC1[C@@H](O)[C@@H](N)C(C)O[C@@H]1O. The van der Waals surface area contributed by atoms with Crippen molar-refractivity contribution >= 4 is 5.91 Å². The summed E-state index contributed by atoms with van der Waals surface area (Å²) in [4.78, 5) is 10.8. The topological polar surface area (TPSA) is 105 Å². The summed E-state index contributed by atoms with van der Waals surface area (Å²) in [6.07, 6.45) is -2.66. The zero-order valence-corrected chi connectivity index (χ0v) is 8.18. The van der Waals surface area contributed by atoms with Gasteiger partial charge in [-0.1, -0.05) is 0 Å². The highest BCUT2D eigenvalue weighted by Gasteiger charge is 2.41. The highest BCUT2D eigenvalue weighted by Crippen LogP contribution is 2.17. The van der Waals surface area contributed by atoms with Gasteiger partial charge < -0.3 is 26.0 Å². The molecule has 6 heteroatoms. The van der Waals surface area contributed by atoms with Gasteiger partial charge in [-0.05, 0) is 6.92 Å². The van der Waals surface area contributed by atoms with Gasteiger partial charge in [0.2, 0.25) is 5.91 Å². The van der Waals surface area contributed by atoms with Crippen LogP contribution < -0.4 is 11.1 Å². The van der Waals surface area contributed by atoms with Crippen LogP contribution in [0.1, 0.15) is 13.8 Å². The predicted octanol–water partition coefficient (Wildman–Crippen LogP) is -2.08. The molecule has 6 nitrogen and oxygen atoms in total. The normalized spacial score (nSPS) is 43.4. The summed E-state index contributed by atoms with van der Waals surface area (Å²) >= 11 is 0. The average Bonchev–Trinajstić information content (AvgIpc) is 2.09. The maximum absolute atomic E-state index is 10.8. The van der Waals surface area contributed by atoms with Crippen LogP contribution in [-0.2, 0) is 9.53 Å². The molecule has 1 heterocycles. The fraction of sp³-hybridized carbons (Fsp3) is 0.875. The van der Waals surface area contributed by atoms with Crippen molar-refractivity contribution in [3.63, 3.8) is 0 Å². The monoisotopic (exact) mass is 204 g/mol. The molecule has 0 aliphatic carbocycles. The van der Waals surface area contributed by atoms with Crippen molar-refractivity contribution in [1.29, 1.82) is 0 Å². The lowest BCUT2D eigenvalue weighted by atomic mass is 9.96. The summed E-state index contributed by atoms with van der Waals surface area (Å²) in [5, 5.41) is 21.5. The number of nitrogens with one attached hydrogen (secondary N) is 1. The van der Waals surface area contributed by atoms with Gasteiger partial charge >= 0.3 is 0 Å². The predicted molar refractivity (Wildman–Crippen MR) is 48.1 cm³/mol. The molecule has 1 saturated heterocycles. The number of nitrogens with two attached hydrogens (primary N) is 1. The molecular formula is C8H16N2O4. The van der Waals surface area contributed by atoms with E-state index in [2.05, 4.69) is 5.32 Å². The first-order valence-corrected chi connectivity index (χ1v) is 4.47. The summed E-state index contributed by atoms with van der Waals surface area (Å²) < 4.78 is 5.04. The Hall–Kier alpha value is -0.690. The minimum atomic E-state index is -1.22. The average molecular weight is 204 g/mol. The number of ether oxygens (including phenoxy) is 1. The zero-order valence-electron chi connectivity index (χ0n) is 8.18. The number of amides is 1. The van der Waals surface area contributed by atoms with Crippen LogP contribution in [0.4, 0.5) is 0 Å². The van der Waals surface area contributed by atoms with Crippen LogP contribution in [-0.4, -0.2) is 46.7 Å². The fourth-order valence-corrected chi connectivity index (χ4v) is 1.47. The van der Waals surface area contributed by atoms with E-state index < -0.39 is 30.6 Å². The largest absolute Gasteiger partial charge is 0.389 e. The standard InChI is InChI=1S/C8H16N2O4/c1-3-5(9)7(12)6(8(13)14-3)10-4(2)11/h3,5-8,12-13H,9H2,1-2H3,(H,10,11)/t3?,5-,6?,7-,8-/m0/s1. The lowest BCUT2D eigenvalue weighted by Gasteiger charge is -2.40. The van der Waals surface area contributed by atoms with E-state index in [1.54, 1.807) is 6.92 Å². The van der Waals surface area contributed by atoms with Gasteiger partial charge in [-0.2, -0.15) is 0 Å². The molecule has 2 unspecified atom stereocenters. The van der Waals surface area contributed by atoms with Crippen LogP contribution >= 0.6 is 0 Å². The highest BCUT2D eigenvalue weighted by molar-refractivity contribution is 5.73. The Morgan fingerprint density at radius 2 is 2.07 bits per heavy atom. The second-order valence-electron chi connectivity index (χ2n) is 3.53. The number of rotatable bonds is 1. The Bertz CT molecular complexity index is 223. The summed E-state index contributed by atoms with van der Waals surface area (Å²) in [5.41, 5.74) is 5.61. The van der Waals surface area contributed by atoms with E-state index in [1.165, 1.54) is 6.92 Å². The minimum absolute atomic E-state index is 0.349. The van der Waals surface area contributed by atoms with Crippen LogP contribution in [0.5, 0.6) is 0 Å². The summed E-state index contributed by atoms with van der Waals surface area (Å²) in [6.45, 7) is 2.95. The van der Waals surface area contributed by atoms with Gasteiger partial charge in [-0.3, -0.25) is 4.79 Å². The molecule has 1 rings (SSSR count). The molecule has 5 N–H and O–H groups in total. The second-order valence-corrected chi connectivity index (χ2v) is 3.53. The third-order valence-corrected chi connectivity index (χ3v) is 2.34. The van der Waals surface area contributed by atoms with E-state index in [-0.39, 0.29) is 5.91 Å². The Balaban J connectivity index is 2.68. The van der Waals surface area contributed by atoms with Crippen molar-refractivity contribution in [3.8, 4) is 0 Å². The van der Waals surface area contributed by atoms with Gasteiger partial charge in [0, 0.05) is 6.92 Å². The van der Waals surface area contributed by atoms with Crippen molar-refractivity contribution < 1.29 is 19.7 Å². The van der Waals surface area contributed by atoms with Gasteiger partial charge in [-0.15, -0.1) is 0 Å². The molecule has 5 atom stereocenters. The van der Waals surface area contributed by atoms with E-state index in [4.69, 9.17) is 10.5 Å². The lowest BCUT2D eigenvalue weighted by molar-refractivity contribution is -0.210. The third-order valence-electron chi connectivity index (χ3n) is 2.34. The van der Waals surface area contributed by atoms with E-state index >= 15 is 0 Å². The first-order chi connectivity index (χ1) is 6.43. The van der Waals surface area contributed by atoms with Gasteiger partial charge in [-0.25, -0.2) is 0 Å². The number of hydrogen-bond donors (Lipinski definition) is 4. The Morgan fingerprint density at radius 3 is 2.57 bits per heavy atom.